The van der Waals surface area contributed by atoms with Crippen LogP contribution < -0.4 is 5.32 Å². The maximum Gasteiger partial charge on any atom is 0.418 e. The van der Waals surface area contributed by atoms with Gasteiger partial charge in [-0.15, -0.1) is 0 Å². The van der Waals surface area contributed by atoms with Crippen LogP contribution in [0.25, 0.3) is 0 Å². The van der Waals surface area contributed by atoms with Crippen molar-refractivity contribution in [3.8, 4) is 0 Å². The van der Waals surface area contributed by atoms with Crippen LogP contribution in [0.2, 0.25) is 0 Å². The lowest BCUT2D eigenvalue weighted by molar-refractivity contribution is -0.138. The Morgan fingerprint density at radius 3 is 2.58 bits per heavy atom. The van der Waals surface area contributed by atoms with E-state index in [0.717, 1.165) is 18.5 Å². The molecule has 1 N–H and O–H groups in total. The summed E-state index contributed by atoms with van der Waals surface area (Å²) in [5.74, 6) is 0.736. The predicted molar refractivity (Wildman–Crippen MR) is 67.7 cm³/mol. The topological polar surface area (TPSA) is 24.9 Å². The lowest BCUT2D eigenvalue weighted by Crippen LogP contribution is -2.27. The van der Waals surface area contributed by atoms with Crippen molar-refractivity contribution >= 4 is 0 Å². The van der Waals surface area contributed by atoms with Crippen LogP contribution in [0, 0.1) is 5.92 Å². The van der Waals surface area contributed by atoms with Crippen molar-refractivity contribution in [3.05, 3.63) is 29.1 Å². The van der Waals surface area contributed by atoms with E-state index in [-0.39, 0.29) is 5.69 Å². The number of nitrogens with one attached hydrogen (secondary N) is 1. The molecule has 0 unspecified atom stereocenters. The normalized spacial score (nSPS) is 16.4. The highest BCUT2D eigenvalue weighted by atomic mass is 19.4. The molecular weight excluding hydrogens is 253 g/mol. The summed E-state index contributed by atoms with van der Waals surface area (Å²) in [6, 6.07) is 2.61. The van der Waals surface area contributed by atoms with E-state index in [4.69, 9.17) is 0 Å². The minimum Gasteiger partial charge on any atom is -0.311 e. The summed E-state index contributed by atoms with van der Waals surface area (Å²) in [5, 5.41) is 3.27. The Morgan fingerprint density at radius 2 is 2.05 bits per heavy atom. The van der Waals surface area contributed by atoms with Crippen LogP contribution in [0.3, 0.4) is 0 Å². The average molecular weight is 272 g/mol. The fourth-order valence-electron chi connectivity index (χ4n) is 2.27. The highest BCUT2D eigenvalue weighted by molar-refractivity contribution is 5.26. The second kappa shape index (κ2) is 5.90. The van der Waals surface area contributed by atoms with Crippen LogP contribution in [0.4, 0.5) is 13.2 Å². The number of hydrogen-bond donors (Lipinski definition) is 1. The summed E-state index contributed by atoms with van der Waals surface area (Å²) in [6.45, 7) is 3.18. The first-order valence-corrected chi connectivity index (χ1v) is 6.77. The minimum absolute atomic E-state index is 0.135. The molecule has 2 nitrogen and oxygen atoms in total. The van der Waals surface area contributed by atoms with Gasteiger partial charge in [-0.1, -0.05) is 13.3 Å². The van der Waals surface area contributed by atoms with Gasteiger partial charge in [-0.05, 0) is 43.9 Å². The molecule has 1 aliphatic rings. The predicted octanol–water partition coefficient (Wildman–Crippen LogP) is 3.55. The molecule has 0 aliphatic heterocycles. The molecule has 106 valence electrons. The number of aromatic nitrogens is 1. The number of pyridine rings is 1. The van der Waals surface area contributed by atoms with Gasteiger partial charge in [0.15, 0.2) is 0 Å². The molecule has 0 bridgehead atoms. The first kappa shape index (κ1) is 14.3. The highest BCUT2D eigenvalue weighted by Gasteiger charge is 2.33. The lowest BCUT2D eigenvalue weighted by atomic mass is 9.85. The fourth-order valence-corrected chi connectivity index (χ4v) is 2.27. The van der Waals surface area contributed by atoms with Crippen LogP contribution in [0.15, 0.2) is 12.1 Å². The van der Waals surface area contributed by atoms with Crippen LogP contribution in [-0.4, -0.2) is 11.5 Å². The smallest absolute Gasteiger partial charge is 0.311 e. The molecule has 19 heavy (non-hydrogen) atoms. The monoisotopic (exact) mass is 272 g/mol. The van der Waals surface area contributed by atoms with Crippen molar-refractivity contribution in [2.45, 2.75) is 45.3 Å². The molecule has 5 heteroatoms. The van der Waals surface area contributed by atoms with Crippen molar-refractivity contribution in [3.63, 3.8) is 0 Å². The van der Waals surface area contributed by atoms with Gasteiger partial charge in [0.05, 0.1) is 17.0 Å². The second-order valence-electron chi connectivity index (χ2n) is 5.08. The molecule has 1 aliphatic carbocycles. The van der Waals surface area contributed by atoms with E-state index >= 15 is 0 Å². The third-order valence-corrected chi connectivity index (χ3v) is 3.64. The molecule has 0 amide bonds. The Kier molecular flexibility index (Phi) is 4.45. The van der Waals surface area contributed by atoms with Gasteiger partial charge < -0.3 is 5.32 Å². The third-order valence-electron chi connectivity index (χ3n) is 3.64. The molecule has 1 fully saturated rings. The Hall–Kier alpha value is -1.10. The van der Waals surface area contributed by atoms with Gasteiger partial charge in [0.1, 0.15) is 0 Å². The van der Waals surface area contributed by atoms with Crippen LogP contribution in [0.5, 0.6) is 0 Å². The van der Waals surface area contributed by atoms with Crippen LogP contribution in [-0.2, 0) is 19.1 Å². The molecule has 0 saturated heterocycles. The molecule has 0 spiro atoms. The molecule has 1 aromatic rings. The zero-order valence-corrected chi connectivity index (χ0v) is 11.1. The van der Waals surface area contributed by atoms with E-state index in [1.807, 2.05) is 0 Å². The van der Waals surface area contributed by atoms with E-state index in [1.54, 1.807) is 6.92 Å². The molecule has 0 radical (unpaired) electrons. The van der Waals surface area contributed by atoms with Gasteiger partial charge in [-0.3, -0.25) is 4.98 Å². The maximum atomic E-state index is 12.7. The van der Waals surface area contributed by atoms with Gasteiger partial charge in [0, 0.05) is 6.54 Å². The van der Waals surface area contributed by atoms with Crippen molar-refractivity contribution in [2.24, 2.45) is 5.92 Å². The molecular formula is C14H19F3N2. The van der Waals surface area contributed by atoms with Crippen LogP contribution in [0.1, 0.15) is 43.1 Å². The summed E-state index contributed by atoms with van der Waals surface area (Å²) >= 11 is 0. The zero-order valence-electron chi connectivity index (χ0n) is 11.1. The summed E-state index contributed by atoms with van der Waals surface area (Å²) in [4.78, 5) is 4.12. The van der Waals surface area contributed by atoms with Crippen molar-refractivity contribution in [1.82, 2.24) is 10.3 Å². The zero-order chi connectivity index (χ0) is 13.9. The molecule has 2 rings (SSSR count). The average Bonchev–Trinajstić information content (AvgIpc) is 2.30. The highest BCUT2D eigenvalue weighted by Crippen LogP contribution is 2.31. The quantitative estimate of drug-likeness (QED) is 0.886. The molecule has 1 saturated carbocycles. The number of alkyl halides is 3. The fraction of sp³-hybridized carbons (Fsp3) is 0.643. The number of halogens is 3. The van der Waals surface area contributed by atoms with E-state index in [9.17, 15) is 13.2 Å². The number of nitrogens with zero attached hydrogens (tertiary/aromatic N) is 1. The van der Waals surface area contributed by atoms with Crippen molar-refractivity contribution in [1.29, 1.82) is 0 Å². The maximum absolute atomic E-state index is 12.7. The van der Waals surface area contributed by atoms with E-state index < -0.39 is 11.7 Å². The SMILES string of the molecule is CCc1nc(CNCC2CCC2)ccc1C(F)(F)F. The first-order valence-electron chi connectivity index (χ1n) is 6.77. The number of aryl methyl sites for hydroxylation is 1. The van der Waals surface area contributed by atoms with Crippen molar-refractivity contribution < 1.29 is 13.2 Å². The van der Waals surface area contributed by atoms with Gasteiger partial charge in [-0.25, -0.2) is 0 Å². The third kappa shape index (κ3) is 3.69. The largest absolute Gasteiger partial charge is 0.418 e. The van der Waals surface area contributed by atoms with Gasteiger partial charge in [-0.2, -0.15) is 13.2 Å². The Bertz CT molecular complexity index is 425. The molecule has 0 atom stereocenters. The minimum atomic E-state index is -4.31. The summed E-state index contributed by atoms with van der Waals surface area (Å²) in [6.07, 6.45) is -0.201. The summed E-state index contributed by atoms with van der Waals surface area (Å²) in [7, 11) is 0. The van der Waals surface area contributed by atoms with Gasteiger partial charge in [0.2, 0.25) is 0 Å². The molecule has 1 aromatic heterocycles. The first-order chi connectivity index (χ1) is 9.00. The van der Waals surface area contributed by atoms with E-state index in [1.165, 1.54) is 25.3 Å². The van der Waals surface area contributed by atoms with E-state index in [0.29, 0.717) is 18.7 Å². The number of rotatable bonds is 5. The van der Waals surface area contributed by atoms with Crippen LogP contribution >= 0.6 is 0 Å². The van der Waals surface area contributed by atoms with E-state index in [2.05, 4.69) is 10.3 Å². The standard InChI is InChI=1S/C14H19F3N2/c1-2-13-12(14(15,16)17)7-6-11(19-13)9-18-8-10-4-3-5-10/h6-7,10,18H,2-5,8-9H2,1H3. The Morgan fingerprint density at radius 1 is 1.32 bits per heavy atom. The lowest BCUT2D eigenvalue weighted by Gasteiger charge is -2.25. The number of hydrogen-bond acceptors (Lipinski definition) is 2. The summed E-state index contributed by atoms with van der Waals surface area (Å²) in [5.41, 5.74) is 0.206. The van der Waals surface area contributed by atoms with Crippen molar-refractivity contribution in [2.75, 3.05) is 6.54 Å². The van der Waals surface area contributed by atoms with Gasteiger partial charge in [0.25, 0.3) is 0 Å². The summed E-state index contributed by atoms with van der Waals surface area (Å²) < 4.78 is 38.2. The molecule has 1 heterocycles. The molecule has 0 aromatic carbocycles. The second-order valence-corrected chi connectivity index (χ2v) is 5.08. The van der Waals surface area contributed by atoms with Gasteiger partial charge >= 0.3 is 6.18 Å². The Balaban J connectivity index is 1.97. The Labute approximate surface area is 111 Å².